The van der Waals surface area contributed by atoms with Crippen molar-refractivity contribution in [2.24, 2.45) is 0 Å². The molecule has 0 fully saturated rings. The summed E-state index contributed by atoms with van der Waals surface area (Å²) in [6.07, 6.45) is 1.76. The van der Waals surface area contributed by atoms with Crippen LogP contribution in [0.2, 0.25) is 0 Å². The molecule has 1 aromatic heterocycles. The summed E-state index contributed by atoms with van der Waals surface area (Å²) in [4.78, 5) is 26.2. The van der Waals surface area contributed by atoms with E-state index in [1.54, 1.807) is 42.6 Å². The number of nitrogens with zero attached hydrogens (tertiary/aromatic N) is 2. The highest BCUT2D eigenvalue weighted by atomic mass is 79.9. The van der Waals surface area contributed by atoms with Crippen LogP contribution in [0.15, 0.2) is 65.3 Å². The van der Waals surface area contributed by atoms with Crippen molar-refractivity contribution in [2.45, 2.75) is 6.42 Å². The number of ether oxygens (including phenoxy) is 1. The highest BCUT2D eigenvalue weighted by molar-refractivity contribution is 9.10. The number of amides is 1. The van der Waals surface area contributed by atoms with Gasteiger partial charge in [-0.1, -0.05) is 12.1 Å². The van der Waals surface area contributed by atoms with E-state index in [2.05, 4.69) is 26.2 Å². The third-order valence-corrected chi connectivity index (χ3v) is 4.13. The molecule has 0 saturated heterocycles. The molecule has 3 aromatic rings. The molecule has 142 valence electrons. The summed E-state index contributed by atoms with van der Waals surface area (Å²) in [5, 5.41) is 23.1. The molecular formula is C19H14BrN3O5. The first-order chi connectivity index (χ1) is 13.4. The number of nitro groups is 1. The van der Waals surface area contributed by atoms with Crippen molar-refractivity contribution in [1.29, 1.82) is 0 Å². The highest BCUT2D eigenvalue weighted by Gasteiger charge is 2.14. The first-order valence-electron chi connectivity index (χ1n) is 8.06. The Hall–Kier alpha value is -3.46. The molecule has 0 radical (unpaired) electrons. The van der Waals surface area contributed by atoms with Gasteiger partial charge in [0.15, 0.2) is 5.75 Å². The minimum absolute atomic E-state index is 0.163. The van der Waals surface area contributed by atoms with E-state index < -0.39 is 16.4 Å². The lowest BCUT2D eigenvalue weighted by Crippen LogP contribution is -2.15. The Morgan fingerprint density at radius 2 is 1.86 bits per heavy atom. The molecule has 1 heterocycles. The van der Waals surface area contributed by atoms with Crippen LogP contribution in [0.4, 0.5) is 11.5 Å². The smallest absolute Gasteiger partial charge is 0.310 e. The van der Waals surface area contributed by atoms with Gasteiger partial charge in [0.05, 0.1) is 11.3 Å². The van der Waals surface area contributed by atoms with Gasteiger partial charge in [0.2, 0.25) is 5.91 Å². The van der Waals surface area contributed by atoms with Gasteiger partial charge in [0.25, 0.3) is 0 Å². The number of nitrogens with one attached hydrogen (secondary N) is 1. The van der Waals surface area contributed by atoms with E-state index in [-0.39, 0.29) is 18.1 Å². The third-order valence-electron chi connectivity index (χ3n) is 3.66. The first kappa shape index (κ1) is 19.3. The minimum atomic E-state index is -0.678. The summed E-state index contributed by atoms with van der Waals surface area (Å²) in [5.41, 5.74) is 0.377. The van der Waals surface area contributed by atoms with E-state index >= 15 is 0 Å². The third kappa shape index (κ3) is 5.04. The van der Waals surface area contributed by atoms with Gasteiger partial charge >= 0.3 is 5.69 Å². The summed E-state index contributed by atoms with van der Waals surface area (Å²) in [6, 6.07) is 14.0. The summed E-state index contributed by atoms with van der Waals surface area (Å²) in [7, 11) is 0. The quantitative estimate of drug-likeness (QED) is 0.430. The van der Waals surface area contributed by atoms with Gasteiger partial charge in [-0.3, -0.25) is 14.9 Å². The SMILES string of the molecule is O=C(Cc1ccc(Oc2ccc([N+](=O)[O-])c(O)c2)cc1)Nc1ccc(Br)cn1. The number of nitro benzene ring substituents is 1. The number of carbonyl (C=O) groups excluding carboxylic acids is 1. The Morgan fingerprint density at radius 1 is 1.14 bits per heavy atom. The highest BCUT2D eigenvalue weighted by Crippen LogP contribution is 2.32. The largest absolute Gasteiger partial charge is 0.502 e. The van der Waals surface area contributed by atoms with E-state index in [4.69, 9.17) is 4.74 Å². The van der Waals surface area contributed by atoms with Gasteiger partial charge in [-0.15, -0.1) is 0 Å². The van der Waals surface area contributed by atoms with Crippen LogP contribution in [0, 0.1) is 10.1 Å². The predicted octanol–water partition coefficient (Wildman–Crippen LogP) is 4.43. The molecule has 0 aliphatic heterocycles. The summed E-state index contributed by atoms with van der Waals surface area (Å²) >= 11 is 3.28. The maximum atomic E-state index is 12.1. The van der Waals surface area contributed by atoms with E-state index in [0.29, 0.717) is 11.6 Å². The number of phenolic OH excluding ortho intramolecular Hbond substituents is 1. The van der Waals surface area contributed by atoms with Crippen molar-refractivity contribution < 1.29 is 19.6 Å². The Kier molecular flexibility index (Phi) is 5.85. The molecule has 0 spiro atoms. The van der Waals surface area contributed by atoms with Crippen molar-refractivity contribution in [2.75, 3.05) is 5.32 Å². The van der Waals surface area contributed by atoms with Gasteiger partial charge in [0, 0.05) is 22.8 Å². The minimum Gasteiger partial charge on any atom is -0.502 e. The average molecular weight is 444 g/mol. The maximum Gasteiger partial charge on any atom is 0.310 e. The zero-order chi connectivity index (χ0) is 20.1. The number of anilines is 1. The van der Waals surface area contributed by atoms with Crippen molar-refractivity contribution >= 4 is 33.3 Å². The van der Waals surface area contributed by atoms with Crippen LogP contribution in [0.3, 0.4) is 0 Å². The number of benzene rings is 2. The van der Waals surface area contributed by atoms with Crippen LogP contribution in [-0.2, 0) is 11.2 Å². The number of pyridine rings is 1. The van der Waals surface area contributed by atoms with Crippen LogP contribution in [0.5, 0.6) is 17.2 Å². The second-order valence-corrected chi connectivity index (χ2v) is 6.66. The van der Waals surface area contributed by atoms with Gasteiger partial charge in [-0.2, -0.15) is 0 Å². The summed E-state index contributed by atoms with van der Waals surface area (Å²) in [6.45, 7) is 0. The Labute approximate surface area is 168 Å². The summed E-state index contributed by atoms with van der Waals surface area (Å²) in [5.74, 6) is 0.508. The summed E-state index contributed by atoms with van der Waals surface area (Å²) < 4.78 is 6.38. The maximum absolute atomic E-state index is 12.1. The molecule has 0 unspecified atom stereocenters. The van der Waals surface area contributed by atoms with Crippen molar-refractivity contribution in [3.63, 3.8) is 0 Å². The van der Waals surface area contributed by atoms with Crippen LogP contribution in [0.25, 0.3) is 0 Å². The fourth-order valence-electron chi connectivity index (χ4n) is 2.35. The fourth-order valence-corrected chi connectivity index (χ4v) is 2.59. The lowest BCUT2D eigenvalue weighted by atomic mass is 10.1. The van der Waals surface area contributed by atoms with Crippen LogP contribution in [0.1, 0.15) is 5.56 Å². The molecular weight excluding hydrogens is 430 g/mol. The lowest BCUT2D eigenvalue weighted by molar-refractivity contribution is -0.385. The number of aromatic hydroxyl groups is 1. The molecule has 2 aromatic carbocycles. The molecule has 2 N–H and O–H groups in total. The molecule has 8 nitrogen and oxygen atoms in total. The molecule has 0 saturated carbocycles. The number of carbonyl (C=O) groups is 1. The van der Waals surface area contributed by atoms with E-state index in [1.165, 1.54) is 18.2 Å². The number of phenols is 1. The van der Waals surface area contributed by atoms with Gasteiger partial charge in [-0.25, -0.2) is 4.98 Å². The molecule has 0 aliphatic carbocycles. The Morgan fingerprint density at radius 3 is 2.46 bits per heavy atom. The molecule has 28 heavy (non-hydrogen) atoms. The number of aromatic nitrogens is 1. The van der Waals surface area contributed by atoms with Crippen LogP contribution in [-0.4, -0.2) is 20.9 Å². The second kappa shape index (κ2) is 8.49. The fraction of sp³-hybridized carbons (Fsp3) is 0.0526. The zero-order valence-electron chi connectivity index (χ0n) is 14.3. The zero-order valence-corrected chi connectivity index (χ0v) is 15.9. The van der Waals surface area contributed by atoms with Gasteiger partial charge in [-0.05, 0) is 51.8 Å². The van der Waals surface area contributed by atoms with Crippen molar-refractivity contribution in [3.05, 3.63) is 80.9 Å². The van der Waals surface area contributed by atoms with Gasteiger partial charge in [0.1, 0.15) is 17.3 Å². The molecule has 3 rings (SSSR count). The molecule has 0 aliphatic rings. The van der Waals surface area contributed by atoms with E-state index in [0.717, 1.165) is 10.0 Å². The van der Waals surface area contributed by atoms with Crippen molar-refractivity contribution in [1.82, 2.24) is 4.98 Å². The topological polar surface area (TPSA) is 115 Å². The van der Waals surface area contributed by atoms with E-state index in [9.17, 15) is 20.0 Å². The number of hydrogen-bond donors (Lipinski definition) is 2. The van der Waals surface area contributed by atoms with E-state index in [1.807, 2.05) is 0 Å². The van der Waals surface area contributed by atoms with Crippen molar-refractivity contribution in [3.8, 4) is 17.2 Å². The second-order valence-electron chi connectivity index (χ2n) is 5.74. The van der Waals surface area contributed by atoms with Gasteiger partial charge < -0.3 is 15.2 Å². The Balaban J connectivity index is 1.60. The number of hydrogen-bond acceptors (Lipinski definition) is 6. The number of rotatable bonds is 6. The predicted molar refractivity (Wildman–Crippen MR) is 106 cm³/mol. The normalized spacial score (nSPS) is 10.3. The average Bonchev–Trinajstić information content (AvgIpc) is 2.65. The standard InChI is InChI=1S/C19H14BrN3O5/c20-13-3-8-18(21-11-13)22-19(25)9-12-1-4-14(5-2-12)28-15-6-7-16(23(26)27)17(24)10-15/h1-8,10-11,24H,9H2,(H,21,22,25). The monoisotopic (exact) mass is 443 g/mol. The molecule has 9 heteroatoms. The molecule has 0 bridgehead atoms. The van der Waals surface area contributed by atoms with Crippen LogP contribution < -0.4 is 10.1 Å². The Bertz CT molecular complexity index is 1010. The molecule has 0 atom stereocenters. The van der Waals surface area contributed by atoms with Crippen LogP contribution >= 0.6 is 15.9 Å². The first-order valence-corrected chi connectivity index (χ1v) is 8.85. The molecule has 1 amide bonds. The number of halogens is 1. The lowest BCUT2D eigenvalue weighted by Gasteiger charge is -2.08.